The summed E-state index contributed by atoms with van der Waals surface area (Å²) in [4.78, 5) is 0. The third-order valence-corrected chi connectivity index (χ3v) is 4.25. The summed E-state index contributed by atoms with van der Waals surface area (Å²) in [5.74, 6) is 0.447. The Balaban J connectivity index is 2.75. The zero-order valence-corrected chi connectivity index (χ0v) is 11.8. The second kappa shape index (κ2) is 6.50. The zero-order valence-electron chi connectivity index (χ0n) is 10.2. The van der Waals surface area contributed by atoms with Crippen LogP contribution in [0.25, 0.3) is 0 Å². The molecular weight excluding hydrogens is 259 g/mol. The Morgan fingerprint density at radius 3 is 2.53 bits per heavy atom. The van der Waals surface area contributed by atoms with Crippen LogP contribution in [0.2, 0.25) is 5.02 Å². The largest absolute Gasteiger partial charge is 0.490 e. The number of halogens is 2. The summed E-state index contributed by atoms with van der Waals surface area (Å²) < 4.78 is 19.2. The van der Waals surface area contributed by atoms with Crippen molar-refractivity contribution in [3.05, 3.63) is 29.0 Å². The molecule has 0 unspecified atom stereocenters. The molecule has 96 valence electrons. The number of benzene rings is 1. The molecule has 0 aliphatic rings. The molecule has 17 heavy (non-hydrogen) atoms. The van der Waals surface area contributed by atoms with Crippen LogP contribution in [-0.2, 0) is 0 Å². The molecule has 0 amide bonds. The summed E-state index contributed by atoms with van der Waals surface area (Å²) >= 11 is 10.0. The molecule has 0 spiro atoms. The van der Waals surface area contributed by atoms with Crippen molar-refractivity contribution in [1.29, 1.82) is 0 Å². The Morgan fingerprint density at radius 2 is 2.00 bits per heavy atom. The van der Waals surface area contributed by atoms with Crippen molar-refractivity contribution < 1.29 is 9.13 Å². The second-order valence-electron chi connectivity index (χ2n) is 4.21. The van der Waals surface area contributed by atoms with Crippen LogP contribution < -0.4 is 4.74 Å². The first-order valence-corrected chi connectivity index (χ1v) is 6.77. The maximum absolute atomic E-state index is 13.6. The van der Waals surface area contributed by atoms with Crippen molar-refractivity contribution in [3.8, 4) is 5.75 Å². The molecule has 0 radical (unpaired) electrons. The molecule has 1 aromatic carbocycles. The van der Waals surface area contributed by atoms with Gasteiger partial charge in [0.1, 0.15) is 0 Å². The highest BCUT2D eigenvalue weighted by Gasteiger charge is 2.26. The minimum absolute atomic E-state index is 0.00211. The number of rotatable bonds is 6. The Labute approximate surface area is 113 Å². The van der Waals surface area contributed by atoms with Crippen LogP contribution in [-0.4, -0.2) is 12.4 Å². The smallest absolute Gasteiger partial charge is 0.183 e. The summed E-state index contributed by atoms with van der Waals surface area (Å²) in [6.07, 6.45) is 1.91. The van der Waals surface area contributed by atoms with Crippen molar-refractivity contribution in [2.24, 2.45) is 5.41 Å². The number of ether oxygens (including phenoxy) is 1. The number of hydrogen-bond donors (Lipinski definition) is 1. The maximum atomic E-state index is 13.6. The van der Waals surface area contributed by atoms with Crippen molar-refractivity contribution in [2.75, 3.05) is 12.4 Å². The Bertz CT molecular complexity index is 358. The summed E-state index contributed by atoms with van der Waals surface area (Å²) in [7, 11) is 0. The van der Waals surface area contributed by atoms with Crippen molar-refractivity contribution in [1.82, 2.24) is 0 Å². The van der Waals surface area contributed by atoms with Crippen LogP contribution in [0.5, 0.6) is 5.75 Å². The third-order valence-electron chi connectivity index (χ3n) is 3.29. The lowest BCUT2D eigenvalue weighted by atomic mass is 9.85. The molecule has 1 aromatic rings. The highest BCUT2D eigenvalue weighted by atomic mass is 35.5. The topological polar surface area (TPSA) is 9.23 Å². The van der Waals surface area contributed by atoms with E-state index in [1.165, 1.54) is 6.07 Å². The van der Waals surface area contributed by atoms with E-state index in [4.69, 9.17) is 16.3 Å². The molecule has 4 heteroatoms. The van der Waals surface area contributed by atoms with Gasteiger partial charge in [-0.1, -0.05) is 31.5 Å². The molecule has 1 rings (SSSR count). The molecule has 0 bridgehead atoms. The molecule has 0 heterocycles. The first kappa shape index (κ1) is 14.7. The minimum atomic E-state index is -0.491. The van der Waals surface area contributed by atoms with Gasteiger partial charge in [0.2, 0.25) is 0 Å². The fraction of sp³-hybridized carbons (Fsp3) is 0.538. The first-order chi connectivity index (χ1) is 8.08. The van der Waals surface area contributed by atoms with Crippen LogP contribution in [0, 0.1) is 11.2 Å². The van der Waals surface area contributed by atoms with Crippen LogP contribution in [0.15, 0.2) is 18.2 Å². The van der Waals surface area contributed by atoms with E-state index < -0.39 is 5.82 Å². The molecular formula is C13H18ClFOS. The summed E-state index contributed by atoms with van der Waals surface area (Å²) in [6, 6.07) is 4.78. The molecule has 0 aliphatic carbocycles. The quantitative estimate of drug-likeness (QED) is 0.748. The van der Waals surface area contributed by atoms with Gasteiger partial charge in [-0.3, -0.25) is 0 Å². The van der Waals surface area contributed by atoms with E-state index in [0.29, 0.717) is 6.61 Å². The van der Waals surface area contributed by atoms with Gasteiger partial charge in [-0.25, -0.2) is 4.39 Å². The van der Waals surface area contributed by atoms with Crippen LogP contribution in [0.3, 0.4) is 0 Å². The molecule has 1 nitrogen and oxygen atoms in total. The Kier molecular flexibility index (Phi) is 5.60. The van der Waals surface area contributed by atoms with E-state index in [0.717, 1.165) is 18.6 Å². The highest BCUT2D eigenvalue weighted by Crippen LogP contribution is 2.31. The molecule has 0 N–H and O–H groups in total. The monoisotopic (exact) mass is 276 g/mol. The van der Waals surface area contributed by atoms with Crippen molar-refractivity contribution in [3.63, 3.8) is 0 Å². The second-order valence-corrected chi connectivity index (χ2v) is 4.93. The predicted molar refractivity (Wildman–Crippen MR) is 73.8 cm³/mol. The first-order valence-electron chi connectivity index (χ1n) is 5.76. The van der Waals surface area contributed by atoms with Gasteiger partial charge in [-0.15, -0.1) is 0 Å². The summed E-state index contributed by atoms with van der Waals surface area (Å²) in [5, 5.41) is 0.0898. The normalized spacial score (nSPS) is 11.6. The number of thiol groups is 1. The Morgan fingerprint density at radius 1 is 1.35 bits per heavy atom. The lowest BCUT2D eigenvalue weighted by molar-refractivity contribution is 0.152. The van der Waals surface area contributed by atoms with Crippen LogP contribution in [0.1, 0.15) is 26.7 Å². The molecule has 0 saturated heterocycles. The Hall–Kier alpha value is -0.410. The zero-order chi connectivity index (χ0) is 12.9. The van der Waals surface area contributed by atoms with Gasteiger partial charge in [0.25, 0.3) is 0 Å². The van der Waals surface area contributed by atoms with E-state index in [1.807, 2.05) is 0 Å². The van der Waals surface area contributed by atoms with Crippen molar-refractivity contribution in [2.45, 2.75) is 26.7 Å². The molecule has 0 fully saturated rings. The predicted octanol–water partition coefficient (Wildman–Crippen LogP) is 4.59. The fourth-order valence-corrected chi connectivity index (χ4v) is 2.25. The SMILES string of the molecule is CCC(CC)(CS)COc1cccc(Cl)c1F. The van der Waals surface area contributed by atoms with Crippen LogP contribution >= 0.6 is 24.2 Å². The van der Waals surface area contributed by atoms with Gasteiger partial charge in [-0.05, 0) is 30.7 Å². The molecule has 0 aromatic heterocycles. The third kappa shape index (κ3) is 3.52. The molecule has 0 aliphatic heterocycles. The lowest BCUT2D eigenvalue weighted by Gasteiger charge is -2.29. The van der Waals surface area contributed by atoms with Gasteiger partial charge in [0.15, 0.2) is 11.6 Å². The number of hydrogen-bond acceptors (Lipinski definition) is 2. The standard InChI is InChI=1S/C13H18ClFOS/c1-3-13(4-2,9-17)8-16-11-7-5-6-10(14)12(11)15/h5-7,17H,3-4,8-9H2,1-2H3. The van der Waals surface area contributed by atoms with Crippen molar-refractivity contribution >= 4 is 24.2 Å². The van der Waals surface area contributed by atoms with E-state index in [1.54, 1.807) is 12.1 Å². The van der Waals surface area contributed by atoms with Gasteiger partial charge in [0, 0.05) is 5.41 Å². The summed E-state index contributed by atoms with van der Waals surface area (Å²) in [6.45, 7) is 4.65. The molecule has 0 saturated carbocycles. The van der Waals surface area contributed by atoms with E-state index in [9.17, 15) is 4.39 Å². The summed E-state index contributed by atoms with van der Waals surface area (Å²) in [5.41, 5.74) is -0.00211. The fourth-order valence-electron chi connectivity index (χ4n) is 1.55. The van der Waals surface area contributed by atoms with E-state index >= 15 is 0 Å². The van der Waals surface area contributed by atoms with Gasteiger partial charge in [-0.2, -0.15) is 12.6 Å². The van der Waals surface area contributed by atoms with E-state index in [2.05, 4.69) is 26.5 Å². The highest BCUT2D eigenvalue weighted by molar-refractivity contribution is 7.80. The average molecular weight is 277 g/mol. The minimum Gasteiger partial charge on any atom is -0.490 e. The van der Waals surface area contributed by atoms with E-state index in [-0.39, 0.29) is 16.2 Å². The average Bonchev–Trinajstić information content (AvgIpc) is 2.36. The van der Waals surface area contributed by atoms with Crippen LogP contribution in [0.4, 0.5) is 4.39 Å². The molecule has 0 atom stereocenters. The van der Waals surface area contributed by atoms with Gasteiger partial charge >= 0.3 is 0 Å². The van der Waals surface area contributed by atoms with Gasteiger partial charge in [0.05, 0.1) is 11.6 Å². The maximum Gasteiger partial charge on any atom is 0.183 e. The lowest BCUT2D eigenvalue weighted by Crippen LogP contribution is -2.29. The van der Waals surface area contributed by atoms with Gasteiger partial charge < -0.3 is 4.74 Å².